The van der Waals surface area contributed by atoms with Gasteiger partial charge < -0.3 is 16.4 Å². The number of pyridine rings is 1. The number of carbonyl (C=O) groups is 1. The van der Waals surface area contributed by atoms with Gasteiger partial charge >= 0.3 is 6.18 Å². The van der Waals surface area contributed by atoms with Crippen LogP contribution in [0.5, 0.6) is 0 Å². The van der Waals surface area contributed by atoms with Crippen LogP contribution in [0.3, 0.4) is 0 Å². The van der Waals surface area contributed by atoms with E-state index in [1.165, 1.54) is 0 Å². The Labute approximate surface area is 202 Å². The molecule has 1 fully saturated rings. The molecule has 1 saturated heterocycles. The fraction of sp³-hybridized carbons (Fsp3) is 0.217. The van der Waals surface area contributed by atoms with Crippen LogP contribution in [0.25, 0.3) is 16.8 Å². The largest absolute Gasteiger partial charge is 0.416 e. The average Bonchev–Trinajstić information content (AvgIpc) is 3.25. The van der Waals surface area contributed by atoms with E-state index >= 15 is 0 Å². The minimum atomic E-state index is -4.53. The summed E-state index contributed by atoms with van der Waals surface area (Å²) in [5, 5.41) is 5.94. The van der Waals surface area contributed by atoms with Gasteiger partial charge in [0.1, 0.15) is 28.7 Å². The Kier molecular flexibility index (Phi) is 6.07. The molecule has 1 atom stereocenters. The van der Waals surface area contributed by atoms with Crippen molar-refractivity contribution in [1.29, 1.82) is 0 Å². The SMILES string of the molecule is Nc1nccn2c([C@@H]3CNCCS3)nc(-c3ccc(C(=O)Nc4cc(C(F)(F)F)ccn4)cc3)c12. The quantitative estimate of drug-likeness (QED) is 0.389. The molecule has 0 radical (unpaired) electrons. The lowest BCUT2D eigenvalue weighted by molar-refractivity contribution is -0.137. The van der Waals surface area contributed by atoms with Crippen LogP contribution in [0.15, 0.2) is 55.0 Å². The molecular weight excluding hydrogens is 479 g/mol. The lowest BCUT2D eigenvalue weighted by Gasteiger charge is -2.21. The van der Waals surface area contributed by atoms with Crippen LogP contribution in [-0.4, -0.2) is 44.1 Å². The minimum absolute atomic E-state index is 0.150. The van der Waals surface area contributed by atoms with Gasteiger partial charge in [0, 0.05) is 48.6 Å². The first-order valence-corrected chi connectivity index (χ1v) is 11.8. The van der Waals surface area contributed by atoms with Crippen molar-refractivity contribution in [2.24, 2.45) is 0 Å². The van der Waals surface area contributed by atoms with Gasteiger partial charge in [-0.05, 0) is 24.3 Å². The number of imidazole rings is 1. The highest BCUT2D eigenvalue weighted by molar-refractivity contribution is 7.99. The number of benzene rings is 1. The number of nitrogens with two attached hydrogens (primary N) is 1. The number of alkyl halides is 3. The standard InChI is InChI=1S/C23H20F3N7OS/c24-23(25,26)15-5-6-29-17(11-15)31-22(34)14-3-1-13(2-4-14)18-19-20(27)30-7-9-33(19)21(32-18)16-12-28-8-10-35-16/h1-7,9,11,16,28H,8,10,12H2,(H2,27,30)(H,29,31,34)/t16-/m0/s1. The summed E-state index contributed by atoms with van der Waals surface area (Å²) in [7, 11) is 0. The van der Waals surface area contributed by atoms with Gasteiger partial charge in [-0.1, -0.05) is 12.1 Å². The topological polar surface area (TPSA) is 110 Å². The molecule has 0 saturated carbocycles. The Morgan fingerprint density at radius 3 is 2.69 bits per heavy atom. The summed E-state index contributed by atoms with van der Waals surface area (Å²) in [5.41, 5.74) is 7.62. The number of aromatic nitrogens is 4. The molecule has 35 heavy (non-hydrogen) atoms. The summed E-state index contributed by atoms with van der Waals surface area (Å²) in [6.07, 6.45) is -0.0648. The van der Waals surface area contributed by atoms with Crippen LogP contribution < -0.4 is 16.4 Å². The van der Waals surface area contributed by atoms with E-state index in [2.05, 4.69) is 20.6 Å². The monoisotopic (exact) mass is 499 g/mol. The van der Waals surface area contributed by atoms with Gasteiger partial charge in [0.2, 0.25) is 0 Å². The fourth-order valence-corrected chi connectivity index (χ4v) is 4.99. The first kappa shape index (κ1) is 23.1. The summed E-state index contributed by atoms with van der Waals surface area (Å²) in [5.74, 6) is 1.41. The molecule has 0 bridgehead atoms. The fourth-order valence-electron chi connectivity index (χ4n) is 3.89. The number of hydrogen-bond donors (Lipinski definition) is 3. The molecule has 0 spiro atoms. The van der Waals surface area contributed by atoms with Crippen LogP contribution in [0.1, 0.15) is 27.0 Å². The van der Waals surface area contributed by atoms with Crippen molar-refractivity contribution in [2.75, 3.05) is 29.9 Å². The van der Waals surface area contributed by atoms with Gasteiger partial charge in [-0.2, -0.15) is 13.2 Å². The van der Waals surface area contributed by atoms with Crippen molar-refractivity contribution >= 4 is 34.8 Å². The van der Waals surface area contributed by atoms with E-state index in [4.69, 9.17) is 10.7 Å². The predicted octanol–water partition coefficient (Wildman–Crippen LogP) is 4.02. The second-order valence-electron chi connectivity index (χ2n) is 7.87. The van der Waals surface area contributed by atoms with E-state index < -0.39 is 17.6 Å². The zero-order valence-corrected chi connectivity index (χ0v) is 19.0. The summed E-state index contributed by atoms with van der Waals surface area (Å²) in [6, 6.07) is 8.23. The molecule has 1 amide bonds. The third-order valence-corrected chi connectivity index (χ3v) is 6.80. The first-order chi connectivity index (χ1) is 16.8. The molecular formula is C23H20F3N7OS. The van der Waals surface area contributed by atoms with Gasteiger partial charge in [0.25, 0.3) is 5.91 Å². The summed E-state index contributed by atoms with van der Waals surface area (Å²) in [6.45, 7) is 1.73. The molecule has 0 unspecified atom stereocenters. The molecule has 3 aromatic heterocycles. The van der Waals surface area contributed by atoms with Crippen LogP contribution in [0.4, 0.5) is 24.8 Å². The molecule has 12 heteroatoms. The Morgan fingerprint density at radius 2 is 1.97 bits per heavy atom. The molecule has 5 rings (SSSR count). The van der Waals surface area contributed by atoms with Crippen molar-refractivity contribution in [1.82, 2.24) is 24.7 Å². The Balaban J connectivity index is 1.43. The van der Waals surface area contributed by atoms with Crippen LogP contribution in [0.2, 0.25) is 0 Å². The zero-order chi connectivity index (χ0) is 24.6. The normalized spacial score (nSPS) is 16.4. The number of amides is 1. The maximum Gasteiger partial charge on any atom is 0.416 e. The van der Waals surface area contributed by atoms with Crippen LogP contribution >= 0.6 is 11.8 Å². The highest BCUT2D eigenvalue weighted by Gasteiger charge is 2.31. The number of nitrogen functional groups attached to an aromatic ring is 1. The van der Waals surface area contributed by atoms with E-state index in [0.29, 0.717) is 17.0 Å². The Morgan fingerprint density at radius 1 is 1.17 bits per heavy atom. The van der Waals surface area contributed by atoms with Gasteiger partial charge in [-0.15, -0.1) is 11.8 Å². The van der Waals surface area contributed by atoms with Crippen molar-refractivity contribution in [3.05, 3.63) is 71.9 Å². The van der Waals surface area contributed by atoms with Gasteiger partial charge in [-0.3, -0.25) is 9.20 Å². The van der Waals surface area contributed by atoms with Crippen molar-refractivity contribution in [3.8, 4) is 11.3 Å². The highest BCUT2D eigenvalue weighted by Crippen LogP contribution is 2.35. The second kappa shape index (κ2) is 9.19. The number of rotatable bonds is 4. The predicted molar refractivity (Wildman–Crippen MR) is 128 cm³/mol. The number of nitrogens with one attached hydrogen (secondary N) is 2. The molecule has 180 valence electrons. The highest BCUT2D eigenvalue weighted by atomic mass is 32.2. The molecule has 1 aromatic carbocycles. The van der Waals surface area contributed by atoms with E-state index in [0.717, 1.165) is 48.6 Å². The number of anilines is 2. The number of carbonyl (C=O) groups excluding carboxylic acids is 1. The van der Waals surface area contributed by atoms with Crippen molar-refractivity contribution in [3.63, 3.8) is 0 Å². The van der Waals surface area contributed by atoms with E-state index in [1.54, 1.807) is 30.5 Å². The Hall–Kier alpha value is -3.64. The molecule has 4 heterocycles. The number of hydrogen-bond acceptors (Lipinski definition) is 7. The molecule has 4 aromatic rings. The molecule has 4 N–H and O–H groups in total. The zero-order valence-electron chi connectivity index (χ0n) is 18.2. The maximum atomic E-state index is 12.9. The number of halogens is 3. The van der Waals surface area contributed by atoms with Crippen molar-refractivity contribution < 1.29 is 18.0 Å². The lowest BCUT2D eigenvalue weighted by atomic mass is 10.1. The first-order valence-electron chi connectivity index (χ1n) is 10.7. The third-order valence-electron chi connectivity index (χ3n) is 5.58. The number of fused-ring (bicyclic) bond motifs is 1. The van der Waals surface area contributed by atoms with E-state index in [1.807, 2.05) is 22.4 Å². The molecule has 0 aliphatic carbocycles. The number of thioether (sulfide) groups is 1. The van der Waals surface area contributed by atoms with E-state index in [-0.39, 0.29) is 16.6 Å². The Bertz CT molecular complexity index is 1380. The van der Waals surface area contributed by atoms with Crippen molar-refractivity contribution in [2.45, 2.75) is 11.4 Å². The van der Waals surface area contributed by atoms with Crippen LogP contribution in [-0.2, 0) is 6.18 Å². The van der Waals surface area contributed by atoms with Gasteiger partial charge in [0.15, 0.2) is 0 Å². The summed E-state index contributed by atoms with van der Waals surface area (Å²) >= 11 is 1.82. The molecule has 1 aliphatic rings. The summed E-state index contributed by atoms with van der Waals surface area (Å²) in [4.78, 5) is 25.5. The molecule has 1 aliphatic heterocycles. The number of nitrogens with zero attached hydrogens (tertiary/aromatic N) is 4. The van der Waals surface area contributed by atoms with E-state index in [9.17, 15) is 18.0 Å². The minimum Gasteiger partial charge on any atom is -0.382 e. The third kappa shape index (κ3) is 4.66. The maximum absolute atomic E-state index is 12.9. The van der Waals surface area contributed by atoms with Crippen LogP contribution in [0, 0.1) is 0 Å². The van der Waals surface area contributed by atoms with Gasteiger partial charge in [-0.25, -0.2) is 15.0 Å². The summed E-state index contributed by atoms with van der Waals surface area (Å²) < 4.78 is 40.7. The smallest absolute Gasteiger partial charge is 0.382 e. The van der Waals surface area contributed by atoms with Gasteiger partial charge in [0.05, 0.1) is 10.8 Å². The molecule has 8 nitrogen and oxygen atoms in total. The lowest BCUT2D eigenvalue weighted by Crippen LogP contribution is -2.29. The second-order valence-corrected chi connectivity index (χ2v) is 9.18. The average molecular weight is 500 g/mol.